The summed E-state index contributed by atoms with van der Waals surface area (Å²) in [6.45, 7) is 13.1. The molecule has 1 rings (SSSR count). The molecule has 2 atom stereocenters. The normalized spacial score (nSPS) is 13.8. The molecule has 1 nitrogen and oxygen atoms in total. The third-order valence-corrected chi connectivity index (χ3v) is 7.59. The monoisotopic (exact) mass is 348 g/mol. The van der Waals surface area contributed by atoms with Crippen LogP contribution in [-0.4, -0.2) is 17.8 Å². The van der Waals surface area contributed by atoms with Crippen LogP contribution < -0.4 is 0 Å². The molecule has 24 heavy (non-hydrogen) atoms. The van der Waals surface area contributed by atoms with Crippen LogP contribution in [0.15, 0.2) is 12.1 Å². The molecule has 2 unspecified atom stereocenters. The zero-order valence-electron chi connectivity index (χ0n) is 16.7. The minimum absolute atomic E-state index is 0.461. The predicted molar refractivity (Wildman–Crippen MR) is 110 cm³/mol. The Balaban J connectivity index is 3.00. The number of hydrogen-bond acceptors (Lipinski definition) is 1. The summed E-state index contributed by atoms with van der Waals surface area (Å²) in [5.41, 5.74) is 5.08. The zero-order valence-corrected chi connectivity index (χ0v) is 17.6. The van der Waals surface area contributed by atoms with Gasteiger partial charge in [-0.3, -0.25) is 4.79 Å². The Kier molecular flexibility index (Phi) is 9.82. The average Bonchev–Trinajstić information content (AvgIpc) is 2.53. The molecule has 0 aliphatic rings. The zero-order chi connectivity index (χ0) is 18.1. The van der Waals surface area contributed by atoms with Crippen molar-refractivity contribution in [3.05, 3.63) is 34.4 Å². The topological polar surface area (TPSA) is 17.1 Å². The molecule has 0 saturated carbocycles. The molecule has 136 valence electrons. The second-order valence-corrected chi connectivity index (χ2v) is 9.59. The van der Waals surface area contributed by atoms with E-state index in [9.17, 15) is 4.79 Å². The number of unbranched alkanes of at least 4 members (excludes halogenated alkanes) is 2. The van der Waals surface area contributed by atoms with E-state index >= 15 is 0 Å². The largest absolute Gasteiger partial charge is 0.289 e. The number of carbonyl (C=O) groups is 1. The lowest BCUT2D eigenvalue weighted by Crippen LogP contribution is -2.13. The second kappa shape index (κ2) is 11.0. The molecule has 0 bridgehead atoms. The van der Waals surface area contributed by atoms with Gasteiger partial charge in [0.15, 0.2) is 5.52 Å². The summed E-state index contributed by atoms with van der Waals surface area (Å²) in [6.07, 6.45) is 9.67. The summed E-state index contributed by atoms with van der Waals surface area (Å²) in [5, 5.41) is 0. The van der Waals surface area contributed by atoms with Gasteiger partial charge in [-0.05, 0) is 64.5 Å². The highest BCUT2D eigenvalue weighted by Gasteiger charge is 2.25. The van der Waals surface area contributed by atoms with Gasteiger partial charge in [0, 0.05) is 5.56 Å². The van der Waals surface area contributed by atoms with E-state index in [1.165, 1.54) is 55.2 Å². The minimum Gasteiger partial charge on any atom is -0.289 e. The van der Waals surface area contributed by atoms with Crippen molar-refractivity contribution in [1.82, 2.24) is 0 Å². The molecule has 0 fully saturated rings. The van der Waals surface area contributed by atoms with Crippen molar-refractivity contribution in [2.24, 2.45) is 5.92 Å². The Hall–Kier alpha value is -0.680. The number of benzene rings is 1. The van der Waals surface area contributed by atoms with Crippen LogP contribution in [0.25, 0.3) is 0 Å². The first-order chi connectivity index (χ1) is 11.4. The fourth-order valence-corrected chi connectivity index (χ4v) is 6.51. The molecule has 0 heterocycles. The first-order valence-corrected chi connectivity index (χ1v) is 11.5. The lowest BCUT2D eigenvalue weighted by Gasteiger charge is -2.24. The molecule has 2 heteroatoms. The van der Waals surface area contributed by atoms with Crippen molar-refractivity contribution in [3.63, 3.8) is 0 Å². The highest BCUT2D eigenvalue weighted by atomic mass is 31.1. The second-order valence-electron chi connectivity index (χ2n) is 7.29. The van der Waals surface area contributed by atoms with Crippen LogP contribution in [0.1, 0.15) is 86.3 Å². The van der Waals surface area contributed by atoms with Gasteiger partial charge in [-0.25, -0.2) is 0 Å². The molecule has 0 aromatic heterocycles. The van der Waals surface area contributed by atoms with Crippen molar-refractivity contribution >= 4 is 13.4 Å². The Morgan fingerprint density at radius 1 is 1.00 bits per heavy atom. The number of hydrogen-bond donors (Lipinski definition) is 0. The highest BCUT2D eigenvalue weighted by Crippen LogP contribution is 2.45. The van der Waals surface area contributed by atoms with E-state index in [1.807, 2.05) is 0 Å². The van der Waals surface area contributed by atoms with Crippen molar-refractivity contribution in [2.45, 2.75) is 80.1 Å². The third kappa shape index (κ3) is 6.32. The first kappa shape index (κ1) is 21.4. The maximum Gasteiger partial charge on any atom is 0.184 e. The third-order valence-electron chi connectivity index (χ3n) is 4.98. The molecule has 0 saturated heterocycles. The van der Waals surface area contributed by atoms with Crippen molar-refractivity contribution < 1.29 is 4.79 Å². The van der Waals surface area contributed by atoms with Gasteiger partial charge < -0.3 is 0 Å². The maximum atomic E-state index is 13.4. The van der Waals surface area contributed by atoms with E-state index in [4.69, 9.17) is 0 Å². The number of carbonyl (C=O) groups excluding carboxylic acids is 1. The van der Waals surface area contributed by atoms with Crippen LogP contribution in [0, 0.1) is 26.7 Å². The van der Waals surface area contributed by atoms with Crippen LogP contribution in [-0.2, 0) is 0 Å². The van der Waals surface area contributed by atoms with E-state index in [0.29, 0.717) is 5.52 Å². The van der Waals surface area contributed by atoms with Crippen LogP contribution in [0.2, 0.25) is 0 Å². The SMILES string of the molecule is CCCCC(CC)CP(CCCC)C(=O)c1c(C)cc(C)cc1C. The fourth-order valence-electron chi connectivity index (χ4n) is 3.53. The van der Waals surface area contributed by atoms with Gasteiger partial charge in [0.05, 0.1) is 0 Å². The smallest absolute Gasteiger partial charge is 0.184 e. The molecule has 0 spiro atoms. The summed E-state index contributed by atoms with van der Waals surface area (Å²) < 4.78 is 0. The molecular weight excluding hydrogens is 311 g/mol. The van der Waals surface area contributed by atoms with Crippen LogP contribution >= 0.6 is 7.92 Å². The summed E-state index contributed by atoms with van der Waals surface area (Å²) in [7, 11) is -0.547. The summed E-state index contributed by atoms with van der Waals surface area (Å²) in [6, 6.07) is 4.34. The molecule has 0 radical (unpaired) electrons. The highest BCUT2D eigenvalue weighted by molar-refractivity contribution is 7.75. The van der Waals surface area contributed by atoms with E-state index < -0.39 is 7.92 Å². The van der Waals surface area contributed by atoms with E-state index in [0.717, 1.165) is 23.8 Å². The summed E-state index contributed by atoms with van der Waals surface area (Å²) in [4.78, 5) is 13.4. The Labute approximate surface area is 151 Å². The van der Waals surface area contributed by atoms with Crippen LogP contribution in [0.4, 0.5) is 0 Å². The first-order valence-electron chi connectivity index (χ1n) is 9.81. The van der Waals surface area contributed by atoms with Crippen molar-refractivity contribution in [1.29, 1.82) is 0 Å². The van der Waals surface area contributed by atoms with E-state index in [2.05, 4.69) is 53.7 Å². The van der Waals surface area contributed by atoms with Crippen molar-refractivity contribution in [2.75, 3.05) is 12.3 Å². The molecule has 1 aromatic carbocycles. The Morgan fingerprint density at radius 3 is 2.08 bits per heavy atom. The molecule has 1 aromatic rings. The van der Waals surface area contributed by atoms with Gasteiger partial charge in [0.2, 0.25) is 0 Å². The average molecular weight is 349 g/mol. The molecule has 0 aliphatic carbocycles. The maximum absolute atomic E-state index is 13.4. The van der Waals surface area contributed by atoms with Crippen molar-refractivity contribution in [3.8, 4) is 0 Å². The molecule has 0 amide bonds. The standard InChI is InChI=1S/C22H37OP/c1-7-10-12-20(9-3)16-24(13-11-8-2)22(23)21-18(5)14-17(4)15-19(21)6/h14-15,20H,7-13,16H2,1-6H3. The number of rotatable bonds is 11. The Morgan fingerprint density at radius 2 is 1.58 bits per heavy atom. The van der Waals surface area contributed by atoms with Gasteiger partial charge in [0.25, 0.3) is 0 Å². The van der Waals surface area contributed by atoms with Gasteiger partial charge in [-0.15, -0.1) is 0 Å². The van der Waals surface area contributed by atoms with Gasteiger partial charge in [-0.2, -0.15) is 0 Å². The van der Waals surface area contributed by atoms with Gasteiger partial charge in [0.1, 0.15) is 0 Å². The quantitative estimate of drug-likeness (QED) is 0.385. The predicted octanol–water partition coefficient (Wildman–Crippen LogP) is 7.25. The minimum atomic E-state index is -0.547. The van der Waals surface area contributed by atoms with E-state index in [-0.39, 0.29) is 0 Å². The Bertz CT molecular complexity index is 498. The molecule has 0 N–H and O–H groups in total. The lowest BCUT2D eigenvalue weighted by atomic mass is 10.0. The van der Waals surface area contributed by atoms with Crippen LogP contribution in [0.5, 0.6) is 0 Å². The summed E-state index contributed by atoms with van der Waals surface area (Å²) in [5.74, 6) is 0.725. The fraction of sp³-hybridized carbons (Fsp3) is 0.682. The van der Waals surface area contributed by atoms with E-state index in [1.54, 1.807) is 0 Å². The number of aryl methyl sites for hydroxylation is 3. The van der Waals surface area contributed by atoms with Gasteiger partial charge >= 0.3 is 0 Å². The van der Waals surface area contributed by atoms with Crippen LogP contribution in [0.3, 0.4) is 0 Å². The molecular formula is C22H37OP. The summed E-state index contributed by atoms with van der Waals surface area (Å²) >= 11 is 0. The van der Waals surface area contributed by atoms with Gasteiger partial charge in [-0.1, -0.05) is 70.6 Å². The molecule has 0 aliphatic heterocycles. The lowest BCUT2D eigenvalue weighted by molar-refractivity contribution is 0.108.